The second-order valence-corrected chi connectivity index (χ2v) is 15.5. The fourth-order valence-electron chi connectivity index (χ4n) is 4.33. The molecule has 2 aromatic carbocycles. The van der Waals surface area contributed by atoms with E-state index in [4.69, 9.17) is 32.5 Å². The first-order valence-corrected chi connectivity index (χ1v) is 18.4. The van der Waals surface area contributed by atoms with Crippen molar-refractivity contribution in [2.75, 3.05) is 12.3 Å². The second kappa shape index (κ2) is 22.4. The number of hydrogen-bond acceptors (Lipinski definition) is 10. The van der Waals surface area contributed by atoms with Gasteiger partial charge in [0.25, 0.3) is 11.8 Å². The van der Waals surface area contributed by atoms with Gasteiger partial charge in [0.15, 0.2) is 0 Å². The van der Waals surface area contributed by atoms with E-state index in [-0.39, 0.29) is 34.3 Å². The van der Waals surface area contributed by atoms with Gasteiger partial charge in [-0.15, -0.1) is 0 Å². The van der Waals surface area contributed by atoms with Crippen LogP contribution in [-0.4, -0.2) is 66.8 Å². The van der Waals surface area contributed by atoms with Crippen LogP contribution in [0.5, 0.6) is 5.75 Å². The predicted octanol–water partition coefficient (Wildman–Crippen LogP) is 6.94. The Morgan fingerprint density at radius 1 is 0.807 bits per heavy atom. The summed E-state index contributed by atoms with van der Waals surface area (Å²) >= 11 is 4.02. The number of nitriles is 2. The lowest BCUT2D eigenvalue weighted by molar-refractivity contribution is 0.0991. The number of amides is 2. The number of nitrogen functional groups attached to an aromatic ring is 1. The van der Waals surface area contributed by atoms with Crippen LogP contribution in [0.4, 0.5) is 5.82 Å². The number of carbonyl (C=O) groups is 2. The van der Waals surface area contributed by atoms with Crippen molar-refractivity contribution in [1.29, 1.82) is 10.5 Å². The molecule has 57 heavy (non-hydrogen) atoms. The predicted molar refractivity (Wildman–Crippen MR) is 241 cm³/mol. The summed E-state index contributed by atoms with van der Waals surface area (Å²) in [6.07, 6.45) is 6.29. The Balaban J connectivity index is 0.000000821. The summed E-state index contributed by atoms with van der Waals surface area (Å²) in [6, 6.07) is 15.8. The molecule has 16 nitrogen and oxygen atoms in total. The van der Waals surface area contributed by atoms with E-state index < -0.39 is 11.8 Å². The number of halogens is 2. The molecule has 2 amide bonds. The van der Waals surface area contributed by atoms with E-state index in [1.165, 1.54) is 12.4 Å². The summed E-state index contributed by atoms with van der Waals surface area (Å²) < 4.78 is 10.5. The number of nitrogens with one attached hydrogen (secondary N) is 2. The highest BCUT2D eigenvalue weighted by molar-refractivity contribution is 14.1. The van der Waals surface area contributed by atoms with Gasteiger partial charge in [-0.05, 0) is 123 Å². The van der Waals surface area contributed by atoms with Crippen molar-refractivity contribution in [3.8, 4) is 29.1 Å². The number of nitrogens with zero attached hydrogens (tertiary/aromatic N) is 8. The number of carbonyl (C=O) groups excluding carboxylic acids is 2. The summed E-state index contributed by atoms with van der Waals surface area (Å²) in [4.78, 5) is 22.8. The van der Waals surface area contributed by atoms with Crippen molar-refractivity contribution in [2.24, 2.45) is 11.5 Å². The molecule has 0 fully saturated rings. The highest BCUT2D eigenvalue weighted by Gasteiger charge is 2.22. The van der Waals surface area contributed by atoms with Gasteiger partial charge in [0.1, 0.15) is 47.9 Å². The molecule has 0 atom stereocenters. The lowest BCUT2D eigenvalue weighted by Gasteiger charge is -2.18. The molecule has 0 saturated carbocycles. The molecule has 0 unspecified atom stereocenters. The maximum atomic E-state index is 11.9. The summed E-state index contributed by atoms with van der Waals surface area (Å²) in [5.41, 5.74) is 19.0. The zero-order valence-corrected chi connectivity index (χ0v) is 35.7. The first-order chi connectivity index (χ1) is 25.3. The summed E-state index contributed by atoms with van der Waals surface area (Å²) in [5, 5.41) is 39.7. The number of anilines is 1. The topological polar surface area (TPSA) is 262 Å². The smallest absolute Gasteiger partial charge is 0.253 e. The molecule has 0 aliphatic heterocycles. The Bertz CT molecular complexity index is 2270. The molecular formula is C38H49BI2N13O3. The van der Waals surface area contributed by atoms with E-state index in [9.17, 15) is 9.59 Å². The van der Waals surface area contributed by atoms with Crippen molar-refractivity contribution in [2.45, 2.75) is 74.4 Å². The number of aromatic amines is 2. The number of H-pyrrole nitrogens is 2. The number of fused-ring (bicyclic) bond motifs is 1. The Morgan fingerprint density at radius 2 is 1.32 bits per heavy atom. The average Bonchev–Trinajstić information content (AvgIpc) is 3.91. The van der Waals surface area contributed by atoms with Crippen molar-refractivity contribution in [3.63, 3.8) is 0 Å². The molecule has 3 radical (unpaired) electrons. The summed E-state index contributed by atoms with van der Waals surface area (Å²) in [6.45, 7) is 14.7. The fraction of sp³-hybridized carbons (Fsp3) is 0.316. The SMILES string of the molecule is C.C.CC(C)(C)n1cc(C(N)=O)c(I)n1.CCOc1ccc2cc(-c3nn(C(C)(C)C)cc3C(N)=O)ccc2c1.N#Cc1cn[nH]c1I.N#Cc1cn[nH]c1N.[B]. The second-order valence-electron chi connectivity index (χ2n) is 13.4. The first kappa shape index (κ1) is 51.6. The van der Waals surface area contributed by atoms with Crippen LogP contribution in [0.2, 0.25) is 0 Å². The van der Waals surface area contributed by atoms with Crippen LogP contribution in [-0.2, 0) is 11.1 Å². The monoisotopic (exact) mass is 1000 g/mol. The van der Waals surface area contributed by atoms with E-state index in [2.05, 4.69) is 30.6 Å². The van der Waals surface area contributed by atoms with Crippen LogP contribution < -0.4 is 21.9 Å². The van der Waals surface area contributed by atoms with Crippen LogP contribution >= 0.6 is 45.2 Å². The minimum Gasteiger partial charge on any atom is -0.494 e. The molecule has 0 saturated heterocycles. The molecule has 0 aliphatic carbocycles. The standard InChI is InChI=1S/C20H23N3O2.C8H12IN3O.C4H2IN3.C4H4N4.2CH4.B/c1-5-25-16-9-8-13-10-15(7-6-14(13)11-16)18-17(19(21)24)12-23(22-18)20(2,3)4;1-8(2,3)12-4-5(7(10)13)6(9)11-12;5-4-3(1-6)2-7-8-4;5-1-3-2-7-8-4(3)6;;;/h6-12H,5H2,1-4H3,(H2,21,24);4H,1-3H3,(H2,10,13);2H,(H,7,8);2H,(H3,6,7,8);2*1H4;. The molecule has 6 aromatic rings. The van der Waals surface area contributed by atoms with E-state index in [0.717, 1.165) is 25.8 Å². The minimum absolute atomic E-state index is 0. The van der Waals surface area contributed by atoms with E-state index >= 15 is 0 Å². The van der Waals surface area contributed by atoms with Crippen molar-refractivity contribution in [1.82, 2.24) is 40.0 Å². The largest absolute Gasteiger partial charge is 0.494 e. The molecule has 4 heterocycles. The molecular weight excluding hydrogens is 951 g/mol. The molecule has 301 valence electrons. The molecule has 19 heteroatoms. The van der Waals surface area contributed by atoms with Crippen molar-refractivity contribution < 1.29 is 14.3 Å². The lowest BCUT2D eigenvalue weighted by atomic mass is 10.0. The van der Waals surface area contributed by atoms with Gasteiger partial charge in [0.2, 0.25) is 0 Å². The van der Waals surface area contributed by atoms with Crippen LogP contribution in [0, 0.1) is 30.1 Å². The maximum absolute atomic E-state index is 11.9. The van der Waals surface area contributed by atoms with E-state index in [0.29, 0.717) is 44.1 Å². The Labute approximate surface area is 362 Å². The Hall–Kier alpha value is -5.42. The number of rotatable bonds is 5. The third-order valence-corrected chi connectivity index (χ3v) is 8.81. The highest BCUT2D eigenvalue weighted by Crippen LogP contribution is 2.29. The van der Waals surface area contributed by atoms with Crippen LogP contribution in [0.15, 0.2) is 61.2 Å². The zero-order chi connectivity index (χ0) is 40.4. The Morgan fingerprint density at radius 3 is 1.72 bits per heavy atom. The minimum atomic E-state index is -0.475. The molecule has 0 aliphatic rings. The number of hydrogen-bond donors (Lipinski definition) is 5. The maximum Gasteiger partial charge on any atom is 0.253 e. The molecule has 0 spiro atoms. The number of primary amides is 2. The van der Waals surface area contributed by atoms with Gasteiger partial charge < -0.3 is 21.9 Å². The van der Waals surface area contributed by atoms with Gasteiger partial charge in [0, 0.05) is 26.4 Å². The van der Waals surface area contributed by atoms with Crippen molar-refractivity contribution in [3.05, 3.63) is 90.8 Å². The van der Waals surface area contributed by atoms with Gasteiger partial charge >= 0.3 is 0 Å². The van der Waals surface area contributed by atoms with Crippen molar-refractivity contribution >= 4 is 82.0 Å². The van der Waals surface area contributed by atoms with E-state index in [1.54, 1.807) is 21.8 Å². The third-order valence-electron chi connectivity index (χ3n) is 7.19. The van der Waals surface area contributed by atoms with E-state index in [1.807, 2.05) is 142 Å². The quantitative estimate of drug-likeness (QED) is 0.0878. The lowest BCUT2D eigenvalue weighted by Crippen LogP contribution is -2.22. The summed E-state index contributed by atoms with van der Waals surface area (Å²) in [7, 11) is 0. The third kappa shape index (κ3) is 14.2. The van der Waals surface area contributed by atoms with Gasteiger partial charge in [-0.25, -0.2) is 0 Å². The summed E-state index contributed by atoms with van der Waals surface area (Å²) in [5.74, 6) is 0.266. The van der Waals surface area contributed by atoms with Crippen LogP contribution in [0.25, 0.3) is 22.0 Å². The average molecular weight is 1000 g/mol. The van der Waals surface area contributed by atoms with Gasteiger partial charge in [-0.2, -0.15) is 30.9 Å². The Kier molecular flexibility index (Phi) is 20.2. The van der Waals surface area contributed by atoms with Gasteiger partial charge in [-0.3, -0.25) is 29.2 Å². The normalized spacial score (nSPS) is 10.2. The molecule has 4 aromatic heterocycles. The number of ether oxygens (including phenoxy) is 1. The fourth-order valence-corrected chi connectivity index (χ4v) is 5.37. The number of nitrogens with two attached hydrogens (primary N) is 3. The first-order valence-electron chi connectivity index (χ1n) is 16.2. The van der Waals surface area contributed by atoms with Crippen LogP contribution in [0.1, 0.15) is 95.2 Å². The zero-order valence-electron chi connectivity index (χ0n) is 31.3. The van der Waals surface area contributed by atoms with Crippen LogP contribution in [0.3, 0.4) is 0 Å². The van der Waals surface area contributed by atoms with Gasteiger partial charge in [-0.1, -0.05) is 33.1 Å². The number of benzene rings is 2. The molecule has 8 N–H and O–H groups in total. The van der Waals surface area contributed by atoms with Gasteiger partial charge in [0.05, 0.1) is 41.2 Å². The number of aromatic nitrogens is 8. The molecule has 0 bridgehead atoms. The highest BCUT2D eigenvalue weighted by atomic mass is 127. The molecule has 6 rings (SSSR count).